The Bertz CT molecular complexity index is 184. The molecule has 0 fully saturated rings. The molecule has 1 aliphatic carbocycles. The molecule has 1 atom stereocenters. The van der Waals surface area contributed by atoms with Gasteiger partial charge in [-0.2, -0.15) is 0 Å². The van der Waals surface area contributed by atoms with Crippen molar-refractivity contribution in [2.75, 3.05) is 7.11 Å². The van der Waals surface area contributed by atoms with E-state index in [1.807, 2.05) is 0 Å². The molecule has 1 unspecified atom stereocenters. The van der Waals surface area contributed by atoms with Crippen LogP contribution in [0.3, 0.4) is 0 Å². The van der Waals surface area contributed by atoms with Crippen molar-refractivity contribution in [3.8, 4) is 0 Å². The number of hydrogen-bond donors (Lipinski definition) is 0. The second-order valence-corrected chi connectivity index (χ2v) is 2.02. The third-order valence-corrected chi connectivity index (χ3v) is 1.35. The molecule has 56 valence electrons. The van der Waals surface area contributed by atoms with Crippen LogP contribution >= 0.6 is 0 Å². The van der Waals surface area contributed by atoms with Crippen LogP contribution < -0.4 is 0 Å². The Balaban J connectivity index is 2.83. The van der Waals surface area contributed by atoms with Gasteiger partial charge in [0.25, 0.3) is 0 Å². The number of rotatable bonds is 1. The quantitative estimate of drug-likeness (QED) is 0.550. The van der Waals surface area contributed by atoms with Crippen LogP contribution in [0.15, 0.2) is 23.7 Å². The Hall–Kier alpha value is -0.860. The highest BCUT2D eigenvalue weighted by Gasteiger charge is 2.19. The minimum absolute atomic E-state index is 0.192. The van der Waals surface area contributed by atoms with Crippen molar-refractivity contribution < 1.29 is 13.5 Å². The van der Waals surface area contributed by atoms with E-state index >= 15 is 0 Å². The summed E-state index contributed by atoms with van der Waals surface area (Å²) in [6, 6.07) is 0. The van der Waals surface area contributed by atoms with Crippen molar-refractivity contribution in [1.29, 1.82) is 0 Å². The van der Waals surface area contributed by atoms with Crippen LogP contribution in [0.25, 0.3) is 0 Å². The Kier molecular flexibility index (Phi) is 2.04. The fourth-order valence-electron chi connectivity index (χ4n) is 0.855. The maximum atomic E-state index is 12.6. The summed E-state index contributed by atoms with van der Waals surface area (Å²) in [5, 5.41) is 0. The first kappa shape index (κ1) is 7.25. The van der Waals surface area contributed by atoms with Gasteiger partial charge >= 0.3 is 0 Å². The van der Waals surface area contributed by atoms with Gasteiger partial charge in [-0.3, -0.25) is 0 Å². The SMILES string of the molecule is COC1=C(F)C=CCC1F. The molecule has 0 aromatic carbocycles. The molecule has 0 radical (unpaired) electrons. The van der Waals surface area contributed by atoms with E-state index in [-0.39, 0.29) is 12.2 Å². The normalized spacial score (nSPS) is 25.3. The summed E-state index contributed by atoms with van der Waals surface area (Å²) in [4.78, 5) is 0. The first-order chi connectivity index (χ1) is 4.75. The largest absolute Gasteiger partial charge is 0.495 e. The van der Waals surface area contributed by atoms with Crippen LogP contribution in [-0.2, 0) is 4.74 Å². The molecular weight excluding hydrogens is 138 g/mol. The van der Waals surface area contributed by atoms with E-state index in [9.17, 15) is 8.78 Å². The topological polar surface area (TPSA) is 9.23 Å². The van der Waals surface area contributed by atoms with E-state index in [1.165, 1.54) is 19.3 Å². The zero-order chi connectivity index (χ0) is 7.56. The minimum atomic E-state index is -1.31. The molecule has 0 aliphatic heterocycles. The standard InChI is InChI=1S/C7H8F2O/c1-10-7-5(8)3-2-4-6(7)9/h2-3,6H,4H2,1H3. The van der Waals surface area contributed by atoms with Gasteiger partial charge in [0.15, 0.2) is 17.8 Å². The molecule has 1 rings (SSSR count). The van der Waals surface area contributed by atoms with Crippen LogP contribution in [0.1, 0.15) is 6.42 Å². The lowest BCUT2D eigenvalue weighted by Gasteiger charge is -2.12. The molecule has 1 aliphatic rings. The Morgan fingerprint density at radius 2 is 2.40 bits per heavy atom. The van der Waals surface area contributed by atoms with Crippen molar-refractivity contribution in [3.05, 3.63) is 23.7 Å². The third kappa shape index (κ3) is 1.17. The molecule has 0 bridgehead atoms. The first-order valence-electron chi connectivity index (χ1n) is 3.00. The highest BCUT2D eigenvalue weighted by Crippen LogP contribution is 2.23. The summed E-state index contributed by atoms with van der Waals surface area (Å²) in [6.45, 7) is 0. The Labute approximate surface area is 58.0 Å². The summed E-state index contributed by atoms with van der Waals surface area (Å²) < 4.78 is 29.6. The van der Waals surface area contributed by atoms with E-state index in [1.54, 1.807) is 0 Å². The zero-order valence-corrected chi connectivity index (χ0v) is 5.60. The van der Waals surface area contributed by atoms with Crippen LogP contribution in [-0.4, -0.2) is 13.3 Å². The number of alkyl halides is 1. The molecule has 0 saturated carbocycles. The summed E-state index contributed by atoms with van der Waals surface area (Å²) >= 11 is 0. The van der Waals surface area contributed by atoms with Crippen LogP contribution in [0.2, 0.25) is 0 Å². The second-order valence-electron chi connectivity index (χ2n) is 2.02. The average Bonchev–Trinajstić information content (AvgIpc) is 1.88. The lowest BCUT2D eigenvalue weighted by molar-refractivity contribution is 0.191. The first-order valence-corrected chi connectivity index (χ1v) is 3.00. The predicted octanol–water partition coefficient (Wildman–Crippen LogP) is 2.11. The van der Waals surface area contributed by atoms with Gasteiger partial charge in [-0.05, 0) is 6.08 Å². The van der Waals surface area contributed by atoms with E-state index < -0.39 is 12.0 Å². The Morgan fingerprint density at radius 3 is 2.80 bits per heavy atom. The van der Waals surface area contributed by atoms with Crippen molar-refractivity contribution in [2.24, 2.45) is 0 Å². The number of allylic oxidation sites excluding steroid dienone is 4. The van der Waals surface area contributed by atoms with E-state index in [0.29, 0.717) is 0 Å². The lowest BCUT2D eigenvalue weighted by atomic mass is 10.1. The second kappa shape index (κ2) is 2.82. The van der Waals surface area contributed by atoms with E-state index in [2.05, 4.69) is 4.74 Å². The third-order valence-electron chi connectivity index (χ3n) is 1.35. The highest BCUT2D eigenvalue weighted by molar-refractivity contribution is 5.23. The number of hydrogen-bond acceptors (Lipinski definition) is 1. The summed E-state index contributed by atoms with van der Waals surface area (Å²) in [6.07, 6.45) is 1.56. The molecule has 0 aromatic heterocycles. The van der Waals surface area contributed by atoms with Crippen molar-refractivity contribution in [2.45, 2.75) is 12.6 Å². The molecule has 0 heterocycles. The molecule has 3 heteroatoms. The minimum Gasteiger partial charge on any atom is -0.495 e. The smallest absolute Gasteiger partial charge is 0.165 e. The van der Waals surface area contributed by atoms with E-state index in [0.717, 1.165) is 0 Å². The fraction of sp³-hybridized carbons (Fsp3) is 0.429. The van der Waals surface area contributed by atoms with Gasteiger partial charge in [0, 0.05) is 6.42 Å². The molecule has 0 amide bonds. The van der Waals surface area contributed by atoms with Gasteiger partial charge in [0.05, 0.1) is 7.11 Å². The summed E-state index contributed by atoms with van der Waals surface area (Å²) in [7, 11) is 1.26. The summed E-state index contributed by atoms with van der Waals surface area (Å²) in [5.74, 6) is -0.802. The van der Waals surface area contributed by atoms with Gasteiger partial charge in [-0.25, -0.2) is 8.78 Å². The van der Waals surface area contributed by atoms with E-state index in [4.69, 9.17) is 0 Å². The molecule has 0 saturated heterocycles. The van der Waals surface area contributed by atoms with Gasteiger partial charge in [0.1, 0.15) is 0 Å². The molecule has 10 heavy (non-hydrogen) atoms. The molecule has 1 nitrogen and oxygen atoms in total. The van der Waals surface area contributed by atoms with Crippen molar-refractivity contribution >= 4 is 0 Å². The molecule has 0 N–H and O–H groups in total. The van der Waals surface area contributed by atoms with Crippen molar-refractivity contribution in [1.82, 2.24) is 0 Å². The maximum absolute atomic E-state index is 12.6. The van der Waals surface area contributed by atoms with Crippen LogP contribution in [0, 0.1) is 0 Å². The average molecular weight is 146 g/mol. The number of halogens is 2. The number of methoxy groups -OCH3 is 1. The zero-order valence-electron chi connectivity index (χ0n) is 5.60. The predicted molar refractivity (Wildman–Crippen MR) is 33.8 cm³/mol. The van der Waals surface area contributed by atoms with Crippen molar-refractivity contribution in [3.63, 3.8) is 0 Å². The van der Waals surface area contributed by atoms with Gasteiger partial charge in [0.2, 0.25) is 0 Å². The van der Waals surface area contributed by atoms with Crippen LogP contribution in [0.5, 0.6) is 0 Å². The molecule has 0 spiro atoms. The molecular formula is C7H8F2O. The van der Waals surface area contributed by atoms with Gasteiger partial charge < -0.3 is 4.74 Å². The highest BCUT2D eigenvalue weighted by atomic mass is 19.1. The number of ether oxygens (including phenoxy) is 1. The molecule has 0 aromatic rings. The van der Waals surface area contributed by atoms with Gasteiger partial charge in [-0.1, -0.05) is 6.08 Å². The van der Waals surface area contributed by atoms with Crippen LogP contribution in [0.4, 0.5) is 8.78 Å². The Morgan fingerprint density at radius 1 is 1.70 bits per heavy atom. The fourth-order valence-corrected chi connectivity index (χ4v) is 0.855. The monoisotopic (exact) mass is 146 g/mol. The lowest BCUT2D eigenvalue weighted by Crippen LogP contribution is -2.09. The summed E-state index contributed by atoms with van der Waals surface area (Å²) in [5.41, 5.74) is 0. The van der Waals surface area contributed by atoms with Gasteiger partial charge in [-0.15, -0.1) is 0 Å². The maximum Gasteiger partial charge on any atom is 0.165 e.